The maximum Gasteiger partial charge on any atom is 0.319 e. The number of imidazole rings is 1. The number of nitrogens with zero attached hydrogens (tertiary/aromatic N) is 2. The van der Waals surface area contributed by atoms with E-state index in [4.69, 9.17) is 11.6 Å². The van der Waals surface area contributed by atoms with Crippen LogP contribution in [0.15, 0.2) is 41.9 Å². The van der Waals surface area contributed by atoms with Crippen LogP contribution in [0.3, 0.4) is 0 Å². The van der Waals surface area contributed by atoms with Crippen molar-refractivity contribution < 1.29 is 9.59 Å². The molecule has 3 amide bonds. The molecule has 0 radical (unpaired) electrons. The minimum absolute atomic E-state index is 0.213. The number of carbonyl (C=O) groups excluding carboxylic acids is 2. The summed E-state index contributed by atoms with van der Waals surface area (Å²) in [6, 6.07) is 7.00. The summed E-state index contributed by atoms with van der Waals surface area (Å²) in [5.41, 5.74) is 1.94. The first-order valence-corrected chi connectivity index (χ1v) is 9.62. The van der Waals surface area contributed by atoms with Crippen LogP contribution in [0.25, 0.3) is 11.0 Å². The van der Waals surface area contributed by atoms with Gasteiger partial charge in [0.15, 0.2) is 10.1 Å². The second-order valence-electron chi connectivity index (χ2n) is 6.12. The number of rotatable bonds is 5. The fourth-order valence-electron chi connectivity index (χ4n) is 2.48. The molecule has 0 unspecified atom stereocenters. The number of halogens is 1. The highest BCUT2D eigenvalue weighted by molar-refractivity contribution is 7.15. The van der Waals surface area contributed by atoms with Crippen LogP contribution in [0.1, 0.15) is 18.5 Å². The molecule has 0 bridgehead atoms. The SMILES string of the molecule is O=C(/C=C/c1c(Cl)nc2sccn12)Nc1ccc(NC(=O)NC2CC2)cc1. The van der Waals surface area contributed by atoms with Crippen molar-refractivity contribution in [2.45, 2.75) is 18.9 Å². The molecular weight excluding hydrogens is 386 g/mol. The van der Waals surface area contributed by atoms with Gasteiger partial charge >= 0.3 is 6.03 Å². The monoisotopic (exact) mass is 401 g/mol. The summed E-state index contributed by atoms with van der Waals surface area (Å²) in [6.07, 6.45) is 6.95. The highest BCUT2D eigenvalue weighted by Gasteiger charge is 2.23. The molecular formula is C18H16ClN5O2S. The molecule has 3 N–H and O–H groups in total. The van der Waals surface area contributed by atoms with Crippen LogP contribution in [0, 0.1) is 0 Å². The Morgan fingerprint density at radius 2 is 1.89 bits per heavy atom. The Bertz CT molecular complexity index is 1020. The minimum atomic E-state index is -0.288. The summed E-state index contributed by atoms with van der Waals surface area (Å²) in [4.78, 5) is 28.8. The van der Waals surface area contributed by atoms with Gasteiger partial charge < -0.3 is 16.0 Å². The lowest BCUT2D eigenvalue weighted by Crippen LogP contribution is -2.30. The first-order valence-electron chi connectivity index (χ1n) is 8.36. The Kier molecular flexibility index (Phi) is 4.83. The lowest BCUT2D eigenvalue weighted by Gasteiger charge is -2.07. The van der Waals surface area contributed by atoms with Gasteiger partial charge in [0.05, 0.1) is 5.69 Å². The maximum atomic E-state index is 12.1. The number of carbonyl (C=O) groups is 2. The number of nitrogens with one attached hydrogen (secondary N) is 3. The van der Waals surface area contributed by atoms with Gasteiger partial charge in [0, 0.05) is 35.1 Å². The van der Waals surface area contributed by atoms with Crippen molar-refractivity contribution >= 4 is 57.3 Å². The second-order valence-corrected chi connectivity index (χ2v) is 7.35. The quantitative estimate of drug-likeness (QED) is 0.565. The van der Waals surface area contributed by atoms with Crippen molar-refractivity contribution in [3.05, 3.63) is 52.8 Å². The Morgan fingerprint density at radius 3 is 2.59 bits per heavy atom. The van der Waals surface area contributed by atoms with Crippen LogP contribution in [0.2, 0.25) is 5.15 Å². The van der Waals surface area contributed by atoms with E-state index in [1.54, 1.807) is 30.3 Å². The predicted octanol–water partition coefficient (Wildman–Crippen LogP) is 3.99. The molecule has 1 saturated carbocycles. The zero-order chi connectivity index (χ0) is 18.8. The van der Waals surface area contributed by atoms with Gasteiger partial charge in [-0.25, -0.2) is 9.78 Å². The van der Waals surface area contributed by atoms with E-state index < -0.39 is 0 Å². The van der Waals surface area contributed by atoms with E-state index in [2.05, 4.69) is 20.9 Å². The van der Waals surface area contributed by atoms with E-state index in [0.717, 1.165) is 17.8 Å². The van der Waals surface area contributed by atoms with Gasteiger partial charge in [0.25, 0.3) is 0 Å². The third-order valence-electron chi connectivity index (χ3n) is 3.97. The standard InChI is InChI=1S/C18H16ClN5O2S/c19-16-14(24-9-10-27-18(24)23-16)7-8-15(25)20-11-1-3-12(4-2-11)21-17(26)22-13-5-6-13/h1-4,7-10,13H,5-6H2,(H,20,25)(H2,21,22,26)/b8-7+. The normalized spacial score (nSPS) is 13.8. The topological polar surface area (TPSA) is 87.5 Å². The van der Waals surface area contributed by atoms with Gasteiger partial charge in [-0.3, -0.25) is 9.20 Å². The molecule has 4 rings (SSSR count). The number of hydrogen-bond acceptors (Lipinski definition) is 4. The number of benzene rings is 1. The molecule has 1 aromatic carbocycles. The lowest BCUT2D eigenvalue weighted by molar-refractivity contribution is -0.111. The van der Waals surface area contributed by atoms with Gasteiger partial charge in [-0.05, 0) is 43.2 Å². The highest BCUT2D eigenvalue weighted by Crippen LogP contribution is 2.22. The molecule has 138 valence electrons. The van der Waals surface area contributed by atoms with E-state index in [1.165, 1.54) is 17.4 Å². The summed E-state index contributed by atoms with van der Waals surface area (Å²) in [7, 11) is 0. The highest BCUT2D eigenvalue weighted by atomic mass is 35.5. The van der Waals surface area contributed by atoms with Crippen LogP contribution < -0.4 is 16.0 Å². The average Bonchev–Trinajstić information content (AvgIpc) is 3.24. The molecule has 7 nitrogen and oxygen atoms in total. The second kappa shape index (κ2) is 7.42. The molecule has 2 aromatic heterocycles. The van der Waals surface area contributed by atoms with Gasteiger partial charge in [0.1, 0.15) is 0 Å². The van der Waals surface area contributed by atoms with Crippen LogP contribution in [-0.2, 0) is 4.79 Å². The van der Waals surface area contributed by atoms with Crippen LogP contribution >= 0.6 is 22.9 Å². The molecule has 2 heterocycles. The van der Waals surface area contributed by atoms with Crippen molar-refractivity contribution in [1.29, 1.82) is 0 Å². The van der Waals surface area contributed by atoms with Crippen molar-refractivity contribution in [2.75, 3.05) is 10.6 Å². The zero-order valence-electron chi connectivity index (χ0n) is 14.1. The van der Waals surface area contributed by atoms with Crippen molar-refractivity contribution in [3.8, 4) is 0 Å². The fraction of sp³-hybridized carbons (Fsp3) is 0.167. The predicted molar refractivity (Wildman–Crippen MR) is 107 cm³/mol. The summed E-state index contributed by atoms with van der Waals surface area (Å²) >= 11 is 7.57. The van der Waals surface area contributed by atoms with Gasteiger partial charge in [-0.1, -0.05) is 11.6 Å². The molecule has 0 atom stereocenters. The number of urea groups is 1. The largest absolute Gasteiger partial charge is 0.335 e. The Hall–Kier alpha value is -2.84. The fourth-order valence-corrected chi connectivity index (χ4v) is 3.49. The van der Waals surface area contributed by atoms with Crippen LogP contribution in [0.4, 0.5) is 16.2 Å². The molecule has 0 aliphatic heterocycles. The zero-order valence-corrected chi connectivity index (χ0v) is 15.7. The number of fused-ring (bicyclic) bond motifs is 1. The van der Waals surface area contributed by atoms with Gasteiger partial charge in [-0.15, -0.1) is 11.3 Å². The Labute approximate surface area is 164 Å². The van der Waals surface area contributed by atoms with E-state index in [0.29, 0.717) is 28.3 Å². The first kappa shape index (κ1) is 17.6. The van der Waals surface area contributed by atoms with E-state index in [9.17, 15) is 9.59 Å². The Balaban J connectivity index is 1.35. The molecule has 9 heteroatoms. The Morgan fingerprint density at radius 1 is 1.19 bits per heavy atom. The van der Waals surface area contributed by atoms with Crippen molar-refractivity contribution in [2.24, 2.45) is 0 Å². The number of amides is 3. The number of thiazole rings is 1. The minimum Gasteiger partial charge on any atom is -0.335 e. The third kappa shape index (κ3) is 4.29. The molecule has 0 spiro atoms. The van der Waals surface area contributed by atoms with Gasteiger partial charge in [-0.2, -0.15) is 0 Å². The van der Waals surface area contributed by atoms with Crippen molar-refractivity contribution in [3.63, 3.8) is 0 Å². The summed E-state index contributed by atoms with van der Waals surface area (Å²) in [5.74, 6) is -0.288. The maximum absolute atomic E-state index is 12.1. The van der Waals surface area contributed by atoms with Crippen molar-refractivity contribution in [1.82, 2.24) is 14.7 Å². The lowest BCUT2D eigenvalue weighted by atomic mass is 10.2. The molecule has 0 saturated heterocycles. The van der Waals surface area contributed by atoms with E-state index in [-0.39, 0.29) is 11.9 Å². The summed E-state index contributed by atoms with van der Waals surface area (Å²) in [5, 5.41) is 10.6. The third-order valence-corrected chi connectivity index (χ3v) is 5.00. The first-order chi connectivity index (χ1) is 13.1. The molecule has 3 aromatic rings. The van der Waals surface area contributed by atoms with Crippen LogP contribution in [-0.4, -0.2) is 27.4 Å². The average molecular weight is 402 g/mol. The molecule has 1 fully saturated rings. The molecule has 27 heavy (non-hydrogen) atoms. The van der Waals surface area contributed by atoms with Gasteiger partial charge in [0.2, 0.25) is 5.91 Å². The summed E-state index contributed by atoms with van der Waals surface area (Å²) < 4.78 is 1.82. The number of aromatic nitrogens is 2. The number of hydrogen-bond donors (Lipinski definition) is 3. The smallest absolute Gasteiger partial charge is 0.319 e. The van der Waals surface area contributed by atoms with E-state index in [1.807, 2.05) is 16.0 Å². The van der Waals surface area contributed by atoms with E-state index >= 15 is 0 Å². The number of anilines is 2. The summed E-state index contributed by atoms with van der Waals surface area (Å²) in [6.45, 7) is 0. The van der Waals surface area contributed by atoms with Crippen LogP contribution in [0.5, 0.6) is 0 Å². The molecule has 1 aliphatic carbocycles. The molecule has 1 aliphatic rings.